The lowest BCUT2D eigenvalue weighted by atomic mass is 10.0. The van der Waals surface area contributed by atoms with E-state index in [1.807, 2.05) is 5.51 Å². The summed E-state index contributed by atoms with van der Waals surface area (Å²) >= 11 is 1.71. The van der Waals surface area contributed by atoms with E-state index < -0.39 is 0 Å². The van der Waals surface area contributed by atoms with Gasteiger partial charge in [0.1, 0.15) is 5.75 Å². The molecule has 1 aliphatic rings. The van der Waals surface area contributed by atoms with Crippen LogP contribution in [0.25, 0.3) is 10.2 Å². The number of hydrogen-bond acceptors (Lipinski definition) is 4. The molecule has 2 aromatic carbocycles. The van der Waals surface area contributed by atoms with Crippen molar-refractivity contribution in [1.82, 2.24) is 9.88 Å². The molecule has 0 saturated carbocycles. The minimum Gasteiger partial charge on any atom is -0.493 e. The third-order valence-electron chi connectivity index (χ3n) is 5.48. The molecule has 27 heavy (non-hydrogen) atoms. The van der Waals surface area contributed by atoms with Crippen molar-refractivity contribution < 1.29 is 4.74 Å². The van der Waals surface area contributed by atoms with Crippen molar-refractivity contribution in [3.63, 3.8) is 0 Å². The fourth-order valence-electron chi connectivity index (χ4n) is 3.80. The number of nitrogens with zero attached hydrogens (tertiary/aromatic N) is 2. The Morgan fingerprint density at radius 1 is 1.04 bits per heavy atom. The molecule has 4 rings (SSSR count). The van der Waals surface area contributed by atoms with Gasteiger partial charge in [0.2, 0.25) is 0 Å². The maximum Gasteiger partial charge on any atom is 0.119 e. The predicted molar refractivity (Wildman–Crippen MR) is 114 cm³/mol. The van der Waals surface area contributed by atoms with Crippen molar-refractivity contribution in [2.24, 2.45) is 5.92 Å². The van der Waals surface area contributed by atoms with Crippen LogP contribution in [0.3, 0.4) is 0 Å². The van der Waals surface area contributed by atoms with Gasteiger partial charge in [0.15, 0.2) is 0 Å². The largest absolute Gasteiger partial charge is 0.493 e. The second-order valence-electron chi connectivity index (χ2n) is 7.93. The van der Waals surface area contributed by atoms with Gasteiger partial charge in [-0.2, -0.15) is 0 Å². The molecule has 1 aromatic heterocycles. The Labute approximate surface area is 166 Å². The summed E-state index contributed by atoms with van der Waals surface area (Å²) in [6.07, 6.45) is 2.18. The summed E-state index contributed by atoms with van der Waals surface area (Å²) < 4.78 is 7.20. The first kappa shape index (κ1) is 18.5. The van der Waals surface area contributed by atoms with Gasteiger partial charge in [-0.25, -0.2) is 4.98 Å². The van der Waals surface area contributed by atoms with Gasteiger partial charge < -0.3 is 4.74 Å². The molecule has 0 radical (unpaired) electrons. The summed E-state index contributed by atoms with van der Waals surface area (Å²) in [6, 6.07) is 13.8. The molecule has 1 atom stereocenters. The molecule has 1 aliphatic heterocycles. The van der Waals surface area contributed by atoms with Crippen LogP contribution in [0.2, 0.25) is 0 Å². The monoisotopic (exact) mass is 380 g/mol. The highest BCUT2D eigenvalue weighted by molar-refractivity contribution is 7.16. The molecule has 1 unspecified atom stereocenters. The number of benzene rings is 2. The summed E-state index contributed by atoms with van der Waals surface area (Å²) in [5.41, 5.74) is 7.33. The fraction of sp³-hybridized carbons (Fsp3) is 0.435. The van der Waals surface area contributed by atoms with Crippen LogP contribution < -0.4 is 4.74 Å². The smallest absolute Gasteiger partial charge is 0.119 e. The van der Waals surface area contributed by atoms with Crippen molar-refractivity contribution in [1.29, 1.82) is 0 Å². The van der Waals surface area contributed by atoms with Crippen LogP contribution in [0.4, 0.5) is 0 Å². The molecule has 0 N–H and O–H groups in total. The quantitative estimate of drug-likeness (QED) is 0.585. The number of thiazole rings is 1. The van der Waals surface area contributed by atoms with E-state index in [4.69, 9.17) is 4.74 Å². The highest BCUT2D eigenvalue weighted by Crippen LogP contribution is 2.29. The zero-order chi connectivity index (χ0) is 18.8. The van der Waals surface area contributed by atoms with E-state index in [1.54, 1.807) is 11.3 Å². The molecular formula is C23H28N2OS. The number of rotatable bonds is 5. The average Bonchev–Trinajstić information content (AvgIpc) is 3.04. The Bertz CT molecular complexity index is 918. The molecule has 0 spiro atoms. The predicted octanol–water partition coefficient (Wildman–Crippen LogP) is 5.49. The van der Waals surface area contributed by atoms with Crippen molar-refractivity contribution >= 4 is 21.6 Å². The molecule has 142 valence electrons. The maximum absolute atomic E-state index is 5.93. The normalized spacial score (nSPS) is 16.3. The van der Waals surface area contributed by atoms with Crippen LogP contribution in [0.5, 0.6) is 5.75 Å². The van der Waals surface area contributed by atoms with Gasteiger partial charge in [0.05, 0.1) is 22.3 Å². The van der Waals surface area contributed by atoms with E-state index in [-0.39, 0.29) is 0 Å². The first-order chi connectivity index (χ1) is 13.1. The van der Waals surface area contributed by atoms with E-state index in [0.29, 0.717) is 12.0 Å². The topological polar surface area (TPSA) is 25.4 Å². The third-order valence-corrected chi connectivity index (χ3v) is 6.29. The second-order valence-corrected chi connectivity index (χ2v) is 8.81. The van der Waals surface area contributed by atoms with Gasteiger partial charge in [-0.15, -0.1) is 11.3 Å². The highest BCUT2D eigenvalue weighted by atomic mass is 32.1. The van der Waals surface area contributed by atoms with E-state index in [0.717, 1.165) is 43.8 Å². The van der Waals surface area contributed by atoms with Crippen LogP contribution in [0.1, 0.15) is 43.5 Å². The second kappa shape index (κ2) is 7.99. The number of hydrogen-bond donors (Lipinski definition) is 0. The first-order valence-electron chi connectivity index (χ1n) is 9.92. The van der Waals surface area contributed by atoms with Gasteiger partial charge in [-0.1, -0.05) is 26.0 Å². The lowest BCUT2D eigenvalue weighted by Gasteiger charge is -2.28. The van der Waals surface area contributed by atoms with Gasteiger partial charge >= 0.3 is 0 Å². The van der Waals surface area contributed by atoms with E-state index in [2.05, 4.69) is 67.1 Å². The maximum atomic E-state index is 5.93. The lowest BCUT2D eigenvalue weighted by molar-refractivity contribution is 0.221. The van der Waals surface area contributed by atoms with Crippen molar-refractivity contribution in [2.45, 2.75) is 39.7 Å². The molecule has 3 aromatic rings. The zero-order valence-corrected chi connectivity index (χ0v) is 17.3. The minimum atomic E-state index is 0.405. The van der Waals surface area contributed by atoms with Gasteiger partial charge in [-0.3, -0.25) is 4.90 Å². The molecule has 0 fully saturated rings. The van der Waals surface area contributed by atoms with E-state index in [1.165, 1.54) is 21.4 Å². The molecule has 0 bridgehead atoms. The highest BCUT2D eigenvalue weighted by Gasteiger charge is 2.20. The SMILES string of the molecule is CC(C)COc1ccc2c(c1)CCN(C(C)c1ccc3scnc3c1)CC2. The van der Waals surface area contributed by atoms with Gasteiger partial charge in [0, 0.05) is 19.1 Å². The van der Waals surface area contributed by atoms with Crippen LogP contribution in [-0.4, -0.2) is 29.6 Å². The van der Waals surface area contributed by atoms with Crippen LogP contribution >= 0.6 is 11.3 Å². The van der Waals surface area contributed by atoms with E-state index in [9.17, 15) is 0 Å². The van der Waals surface area contributed by atoms with Crippen LogP contribution in [0.15, 0.2) is 41.9 Å². The summed E-state index contributed by atoms with van der Waals surface area (Å²) in [4.78, 5) is 7.08. The molecule has 0 amide bonds. The molecular weight excluding hydrogens is 352 g/mol. The fourth-order valence-corrected chi connectivity index (χ4v) is 4.46. The van der Waals surface area contributed by atoms with E-state index >= 15 is 0 Å². The Morgan fingerprint density at radius 3 is 2.67 bits per heavy atom. The van der Waals surface area contributed by atoms with Crippen LogP contribution in [0, 0.1) is 5.92 Å². The average molecular weight is 381 g/mol. The molecule has 0 saturated heterocycles. The zero-order valence-electron chi connectivity index (χ0n) is 16.4. The number of aromatic nitrogens is 1. The Morgan fingerprint density at radius 2 is 1.85 bits per heavy atom. The molecule has 3 nitrogen and oxygen atoms in total. The van der Waals surface area contributed by atoms with Gasteiger partial charge in [-0.05, 0) is 66.6 Å². The summed E-state index contributed by atoms with van der Waals surface area (Å²) in [6.45, 7) is 9.64. The number of fused-ring (bicyclic) bond motifs is 2. The summed E-state index contributed by atoms with van der Waals surface area (Å²) in [7, 11) is 0. The first-order valence-corrected chi connectivity index (χ1v) is 10.8. The molecule has 0 aliphatic carbocycles. The Hall–Kier alpha value is -1.91. The lowest BCUT2D eigenvalue weighted by Crippen LogP contribution is -2.29. The van der Waals surface area contributed by atoms with Gasteiger partial charge in [0.25, 0.3) is 0 Å². The third kappa shape index (κ3) is 4.17. The summed E-state index contributed by atoms with van der Waals surface area (Å²) in [5.74, 6) is 1.56. The van der Waals surface area contributed by atoms with Crippen molar-refractivity contribution in [3.05, 3.63) is 58.6 Å². The molecule has 2 heterocycles. The minimum absolute atomic E-state index is 0.405. The Kier molecular flexibility index (Phi) is 5.46. The summed E-state index contributed by atoms with van der Waals surface area (Å²) in [5, 5.41) is 0. The number of ether oxygens (including phenoxy) is 1. The Balaban J connectivity index is 1.47. The van der Waals surface area contributed by atoms with Crippen LogP contribution in [-0.2, 0) is 12.8 Å². The van der Waals surface area contributed by atoms with Crippen molar-refractivity contribution in [2.75, 3.05) is 19.7 Å². The molecule has 4 heteroatoms. The standard InChI is InChI=1S/C23H28N2OS/c1-16(2)14-26-21-6-4-18-8-10-25(11-9-20(18)12-21)17(3)19-5-7-23-22(13-19)24-15-27-23/h4-7,12-13,15-17H,8-11,14H2,1-3H3. The van der Waals surface area contributed by atoms with Crippen molar-refractivity contribution in [3.8, 4) is 5.75 Å².